The maximum atomic E-state index is 11.8. The molecule has 0 unspecified atom stereocenters. The summed E-state index contributed by atoms with van der Waals surface area (Å²) in [5.41, 5.74) is 1.25. The van der Waals surface area contributed by atoms with Crippen LogP contribution >= 0.6 is 0 Å². The SMILES string of the molecule is CNS(=O)(=O)CCNC(=O)Cc1cc(-c2cccc(OC)c2)on1. The number of sulfonamides is 1. The van der Waals surface area contributed by atoms with E-state index < -0.39 is 10.0 Å². The Balaban J connectivity index is 1.92. The minimum Gasteiger partial charge on any atom is -0.497 e. The van der Waals surface area contributed by atoms with Crippen LogP contribution in [0, 0.1) is 0 Å². The zero-order valence-electron chi connectivity index (χ0n) is 13.4. The molecule has 130 valence electrons. The van der Waals surface area contributed by atoms with E-state index in [4.69, 9.17) is 9.26 Å². The molecule has 0 aliphatic carbocycles. The van der Waals surface area contributed by atoms with Crippen LogP contribution in [0.1, 0.15) is 5.69 Å². The monoisotopic (exact) mass is 353 g/mol. The first-order valence-electron chi connectivity index (χ1n) is 7.21. The van der Waals surface area contributed by atoms with Crippen LogP contribution in [0.15, 0.2) is 34.9 Å². The summed E-state index contributed by atoms with van der Waals surface area (Å²) in [6.45, 7) is 0.0304. The number of hydrogen-bond acceptors (Lipinski definition) is 6. The van der Waals surface area contributed by atoms with Crippen LogP contribution in [0.4, 0.5) is 0 Å². The van der Waals surface area contributed by atoms with E-state index >= 15 is 0 Å². The Morgan fingerprint density at radius 3 is 2.83 bits per heavy atom. The van der Waals surface area contributed by atoms with Crippen molar-refractivity contribution in [2.24, 2.45) is 0 Å². The molecule has 0 radical (unpaired) electrons. The first-order valence-corrected chi connectivity index (χ1v) is 8.86. The summed E-state index contributed by atoms with van der Waals surface area (Å²) < 4.78 is 35.1. The van der Waals surface area contributed by atoms with Crippen LogP contribution in [-0.2, 0) is 21.2 Å². The van der Waals surface area contributed by atoms with Crippen LogP contribution in [0.3, 0.4) is 0 Å². The molecule has 0 spiro atoms. The highest BCUT2D eigenvalue weighted by molar-refractivity contribution is 7.89. The van der Waals surface area contributed by atoms with E-state index in [2.05, 4.69) is 15.2 Å². The van der Waals surface area contributed by atoms with Gasteiger partial charge in [0.05, 0.1) is 25.0 Å². The fourth-order valence-corrected chi connectivity index (χ4v) is 2.54. The molecule has 0 saturated carbocycles. The highest BCUT2D eigenvalue weighted by Gasteiger charge is 2.12. The normalized spacial score (nSPS) is 11.2. The largest absolute Gasteiger partial charge is 0.497 e. The maximum Gasteiger partial charge on any atom is 0.226 e. The van der Waals surface area contributed by atoms with Crippen molar-refractivity contribution >= 4 is 15.9 Å². The molecule has 0 saturated heterocycles. The second kappa shape index (κ2) is 7.93. The van der Waals surface area contributed by atoms with Crippen LogP contribution in [0.25, 0.3) is 11.3 Å². The lowest BCUT2D eigenvalue weighted by atomic mass is 10.1. The standard InChI is InChI=1S/C15H19N3O5S/c1-16-24(20,21)7-6-17-15(19)10-12-9-14(23-18-12)11-4-3-5-13(8-11)22-2/h3-5,8-9,16H,6-7,10H2,1-2H3,(H,17,19). The molecule has 1 amide bonds. The number of amides is 1. The molecule has 0 aliphatic heterocycles. The number of carbonyl (C=O) groups excluding carboxylic acids is 1. The molecule has 0 aliphatic rings. The minimum atomic E-state index is -3.34. The Labute approximate surface area is 140 Å². The fraction of sp³-hybridized carbons (Fsp3) is 0.333. The van der Waals surface area contributed by atoms with Gasteiger partial charge in [-0.2, -0.15) is 0 Å². The van der Waals surface area contributed by atoms with Gasteiger partial charge in [-0.3, -0.25) is 4.79 Å². The third-order valence-corrected chi connectivity index (χ3v) is 4.62. The highest BCUT2D eigenvalue weighted by Crippen LogP contribution is 2.24. The van der Waals surface area contributed by atoms with Gasteiger partial charge in [0.2, 0.25) is 15.9 Å². The number of carbonyl (C=O) groups is 1. The average molecular weight is 353 g/mol. The van der Waals surface area contributed by atoms with Crippen LogP contribution in [0.5, 0.6) is 5.75 Å². The summed E-state index contributed by atoms with van der Waals surface area (Å²) in [4.78, 5) is 11.8. The van der Waals surface area contributed by atoms with E-state index in [0.29, 0.717) is 17.2 Å². The topological polar surface area (TPSA) is 111 Å². The number of aromatic nitrogens is 1. The van der Waals surface area contributed by atoms with E-state index in [1.54, 1.807) is 19.2 Å². The molecule has 2 rings (SSSR count). The fourth-order valence-electron chi connectivity index (χ4n) is 1.96. The summed E-state index contributed by atoms with van der Waals surface area (Å²) >= 11 is 0. The van der Waals surface area contributed by atoms with Crippen molar-refractivity contribution in [1.29, 1.82) is 0 Å². The maximum absolute atomic E-state index is 11.8. The molecule has 24 heavy (non-hydrogen) atoms. The van der Waals surface area contributed by atoms with Crippen molar-refractivity contribution in [3.63, 3.8) is 0 Å². The smallest absolute Gasteiger partial charge is 0.226 e. The summed E-state index contributed by atoms with van der Waals surface area (Å²) in [6, 6.07) is 8.94. The number of nitrogens with zero attached hydrogens (tertiary/aromatic N) is 1. The predicted molar refractivity (Wildman–Crippen MR) is 88.1 cm³/mol. The van der Waals surface area contributed by atoms with Crippen molar-refractivity contribution in [2.75, 3.05) is 26.5 Å². The third-order valence-electron chi connectivity index (χ3n) is 3.26. The van der Waals surface area contributed by atoms with Crippen molar-refractivity contribution in [1.82, 2.24) is 15.2 Å². The molecular formula is C15H19N3O5S. The van der Waals surface area contributed by atoms with Crippen LogP contribution in [0.2, 0.25) is 0 Å². The molecule has 2 N–H and O–H groups in total. The highest BCUT2D eigenvalue weighted by atomic mass is 32.2. The quantitative estimate of drug-likeness (QED) is 0.717. The summed E-state index contributed by atoms with van der Waals surface area (Å²) in [5, 5.41) is 6.38. The van der Waals surface area contributed by atoms with E-state index in [9.17, 15) is 13.2 Å². The average Bonchev–Trinajstić information content (AvgIpc) is 3.03. The molecule has 2 aromatic rings. The summed E-state index contributed by atoms with van der Waals surface area (Å²) in [7, 11) is -0.438. The molecule has 8 nitrogen and oxygen atoms in total. The Hall–Kier alpha value is -2.39. The lowest BCUT2D eigenvalue weighted by Gasteiger charge is -2.04. The van der Waals surface area contributed by atoms with E-state index in [0.717, 1.165) is 5.56 Å². The minimum absolute atomic E-state index is 0.00701. The summed E-state index contributed by atoms with van der Waals surface area (Å²) in [6.07, 6.45) is 0.00701. The first-order chi connectivity index (χ1) is 11.4. The lowest BCUT2D eigenvalue weighted by Crippen LogP contribution is -2.33. The number of ether oxygens (including phenoxy) is 1. The van der Waals surface area contributed by atoms with E-state index in [-0.39, 0.29) is 24.6 Å². The van der Waals surface area contributed by atoms with Crippen molar-refractivity contribution in [3.8, 4) is 17.1 Å². The number of methoxy groups -OCH3 is 1. The van der Waals surface area contributed by atoms with Gasteiger partial charge in [0.15, 0.2) is 5.76 Å². The molecule has 0 fully saturated rings. The molecule has 9 heteroatoms. The van der Waals surface area contributed by atoms with Gasteiger partial charge in [-0.05, 0) is 19.2 Å². The molecular weight excluding hydrogens is 334 g/mol. The number of nitrogens with one attached hydrogen (secondary N) is 2. The third kappa shape index (κ3) is 5.07. The van der Waals surface area contributed by atoms with Crippen molar-refractivity contribution in [3.05, 3.63) is 36.0 Å². The van der Waals surface area contributed by atoms with Gasteiger partial charge in [-0.25, -0.2) is 13.1 Å². The van der Waals surface area contributed by atoms with Crippen molar-refractivity contribution < 1.29 is 22.5 Å². The van der Waals surface area contributed by atoms with Gasteiger partial charge in [0.25, 0.3) is 0 Å². The molecule has 0 atom stereocenters. The van der Waals surface area contributed by atoms with Crippen LogP contribution in [-0.4, -0.2) is 45.9 Å². The number of hydrogen-bond donors (Lipinski definition) is 2. The Morgan fingerprint density at radius 2 is 2.12 bits per heavy atom. The van der Waals surface area contributed by atoms with Gasteiger partial charge >= 0.3 is 0 Å². The molecule has 0 bridgehead atoms. The van der Waals surface area contributed by atoms with Gasteiger partial charge in [0, 0.05) is 18.2 Å². The lowest BCUT2D eigenvalue weighted by molar-refractivity contribution is -0.120. The Bertz CT molecular complexity index is 801. The predicted octanol–water partition coefficient (Wildman–Crippen LogP) is 0.558. The molecule has 1 heterocycles. The second-order valence-corrected chi connectivity index (χ2v) is 7.01. The van der Waals surface area contributed by atoms with Gasteiger partial charge < -0.3 is 14.6 Å². The van der Waals surface area contributed by atoms with Gasteiger partial charge in [-0.1, -0.05) is 17.3 Å². The van der Waals surface area contributed by atoms with E-state index in [1.165, 1.54) is 7.05 Å². The number of rotatable bonds is 8. The zero-order chi connectivity index (χ0) is 17.6. The van der Waals surface area contributed by atoms with Gasteiger partial charge in [-0.15, -0.1) is 0 Å². The van der Waals surface area contributed by atoms with Gasteiger partial charge in [0.1, 0.15) is 5.75 Å². The first kappa shape index (κ1) is 18.0. The molecule has 1 aromatic heterocycles. The molecule has 1 aromatic carbocycles. The van der Waals surface area contributed by atoms with E-state index in [1.807, 2.05) is 18.2 Å². The van der Waals surface area contributed by atoms with Crippen LogP contribution < -0.4 is 14.8 Å². The Kier molecular flexibility index (Phi) is 5.93. The Morgan fingerprint density at radius 1 is 1.33 bits per heavy atom. The summed E-state index contributed by atoms with van der Waals surface area (Å²) in [5.74, 6) is 0.707. The number of benzene rings is 1. The van der Waals surface area contributed by atoms with Crippen molar-refractivity contribution in [2.45, 2.75) is 6.42 Å². The zero-order valence-corrected chi connectivity index (χ0v) is 14.2. The second-order valence-electron chi connectivity index (χ2n) is 4.96.